The minimum atomic E-state index is -0.897. The fraction of sp³-hybridized carbons (Fsp3) is 0.300. The first-order chi connectivity index (χ1) is 13.7. The third-order valence-corrected chi connectivity index (χ3v) is 6.61. The fourth-order valence-electron chi connectivity index (χ4n) is 2.44. The Labute approximate surface area is 182 Å². The monoisotopic (exact) mass is 448 g/mol. The highest BCUT2D eigenvalue weighted by Gasteiger charge is 2.29. The first-order valence-electron chi connectivity index (χ1n) is 8.95. The van der Waals surface area contributed by atoms with Crippen molar-refractivity contribution in [2.45, 2.75) is 36.3 Å². The smallest absolute Gasteiger partial charge is 0.319 e. The van der Waals surface area contributed by atoms with Crippen molar-refractivity contribution in [2.75, 3.05) is 11.9 Å². The zero-order valence-electron chi connectivity index (χ0n) is 16.3. The van der Waals surface area contributed by atoms with E-state index >= 15 is 0 Å². The molecule has 29 heavy (non-hydrogen) atoms. The molecule has 0 spiro atoms. The largest absolute Gasteiger partial charge is 0.480 e. The minimum Gasteiger partial charge on any atom is -0.480 e. The molecule has 0 aliphatic carbocycles. The molecule has 0 bridgehead atoms. The third-order valence-electron chi connectivity index (χ3n) is 4.19. The van der Waals surface area contributed by atoms with Crippen molar-refractivity contribution < 1.29 is 9.90 Å². The molecular weight excluding hydrogens is 428 g/mol. The second-order valence-corrected chi connectivity index (χ2v) is 10.1. The summed E-state index contributed by atoms with van der Waals surface area (Å²) in [4.78, 5) is 15.8. The number of carboxylic acids is 1. The van der Waals surface area contributed by atoms with Gasteiger partial charge in [0.05, 0.1) is 11.4 Å². The highest BCUT2D eigenvalue weighted by Crippen LogP contribution is 2.34. The Kier molecular flexibility index (Phi) is 6.77. The summed E-state index contributed by atoms with van der Waals surface area (Å²) in [5.74, 6) is -0.114. The number of thiazole rings is 1. The summed E-state index contributed by atoms with van der Waals surface area (Å²) in [5, 5.41) is 23.8. The number of hydrogen-bond donors (Lipinski definition) is 2. The van der Waals surface area contributed by atoms with Crippen molar-refractivity contribution in [2.24, 2.45) is 0 Å². The molecule has 0 saturated carbocycles. The number of carboxylic acid groups (broad SMARTS) is 1. The van der Waals surface area contributed by atoms with Crippen molar-refractivity contribution >= 4 is 46.5 Å². The molecule has 9 heteroatoms. The van der Waals surface area contributed by atoms with E-state index in [1.165, 1.54) is 23.1 Å². The van der Waals surface area contributed by atoms with E-state index in [2.05, 4.69) is 20.5 Å². The van der Waals surface area contributed by atoms with E-state index in [0.29, 0.717) is 18.0 Å². The van der Waals surface area contributed by atoms with E-state index in [1.807, 2.05) is 42.6 Å². The van der Waals surface area contributed by atoms with E-state index in [9.17, 15) is 9.90 Å². The Bertz CT molecular complexity index is 1010. The van der Waals surface area contributed by atoms with Crippen LogP contribution in [0.1, 0.15) is 25.1 Å². The standard InChI is InChI=1S/C20H21ClN4O2S2/c1-12-10-16(13-4-6-14(21)7-5-13)24-25-17(12)22-9-8-15-11-28-19(23-15)29-20(2,3)18(26)27/h4-7,10-11H,8-9H2,1-3H3,(H,22,25)(H,26,27). The predicted octanol–water partition coefficient (Wildman–Crippen LogP) is 5.17. The van der Waals surface area contributed by atoms with Gasteiger partial charge in [-0.3, -0.25) is 4.79 Å². The van der Waals surface area contributed by atoms with E-state index in [-0.39, 0.29) is 0 Å². The molecule has 2 aromatic heterocycles. The van der Waals surface area contributed by atoms with Crippen LogP contribution in [0.5, 0.6) is 0 Å². The second-order valence-electron chi connectivity index (χ2n) is 6.97. The molecule has 3 rings (SSSR count). The highest BCUT2D eigenvalue weighted by atomic mass is 35.5. The van der Waals surface area contributed by atoms with E-state index in [1.54, 1.807) is 13.8 Å². The van der Waals surface area contributed by atoms with Gasteiger partial charge in [-0.2, -0.15) is 0 Å². The summed E-state index contributed by atoms with van der Waals surface area (Å²) in [6.45, 7) is 6.00. The Morgan fingerprint density at radius 3 is 2.66 bits per heavy atom. The SMILES string of the molecule is Cc1cc(-c2ccc(Cl)cc2)nnc1NCCc1csc(SC(C)(C)C(=O)O)n1. The first-order valence-corrected chi connectivity index (χ1v) is 11.0. The van der Waals surface area contributed by atoms with E-state index < -0.39 is 10.7 Å². The van der Waals surface area contributed by atoms with Crippen LogP contribution in [-0.2, 0) is 11.2 Å². The van der Waals surface area contributed by atoms with Gasteiger partial charge in [-0.25, -0.2) is 4.98 Å². The molecule has 2 N–H and O–H groups in total. The lowest BCUT2D eigenvalue weighted by Gasteiger charge is -2.15. The highest BCUT2D eigenvalue weighted by molar-refractivity contribution is 8.02. The molecule has 6 nitrogen and oxygen atoms in total. The number of rotatable bonds is 8. The number of hydrogen-bond acceptors (Lipinski definition) is 7. The fourth-order valence-corrected chi connectivity index (χ4v) is 4.79. The van der Waals surface area contributed by atoms with Gasteiger partial charge in [0.2, 0.25) is 0 Å². The molecule has 0 unspecified atom stereocenters. The summed E-state index contributed by atoms with van der Waals surface area (Å²) in [7, 11) is 0. The normalized spacial score (nSPS) is 11.4. The maximum atomic E-state index is 11.2. The van der Waals surface area contributed by atoms with Crippen molar-refractivity contribution in [3.8, 4) is 11.3 Å². The minimum absolute atomic E-state index is 0.659. The molecule has 0 aliphatic heterocycles. The lowest BCUT2D eigenvalue weighted by molar-refractivity contribution is -0.138. The molecule has 0 fully saturated rings. The van der Waals surface area contributed by atoms with Crippen LogP contribution in [-0.4, -0.2) is 37.5 Å². The summed E-state index contributed by atoms with van der Waals surface area (Å²) < 4.78 is -0.137. The van der Waals surface area contributed by atoms with Crippen LogP contribution in [0.4, 0.5) is 5.82 Å². The number of nitrogens with zero attached hydrogens (tertiary/aromatic N) is 3. The van der Waals surface area contributed by atoms with Gasteiger partial charge in [-0.05, 0) is 44.5 Å². The van der Waals surface area contributed by atoms with Gasteiger partial charge >= 0.3 is 5.97 Å². The Morgan fingerprint density at radius 1 is 1.28 bits per heavy atom. The van der Waals surface area contributed by atoms with Gasteiger partial charge in [0, 0.05) is 28.9 Å². The van der Waals surface area contributed by atoms with Crippen LogP contribution in [0, 0.1) is 6.92 Å². The van der Waals surface area contributed by atoms with Crippen LogP contribution >= 0.6 is 34.7 Å². The zero-order chi connectivity index (χ0) is 21.0. The van der Waals surface area contributed by atoms with Crippen LogP contribution in [0.3, 0.4) is 0 Å². The first kappa shape index (κ1) is 21.5. The Morgan fingerprint density at radius 2 is 2.00 bits per heavy atom. The number of thioether (sulfide) groups is 1. The van der Waals surface area contributed by atoms with E-state index in [0.717, 1.165) is 32.7 Å². The molecule has 0 radical (unpaired) electrons. The molecule has 0 saturated heterocycles. The van der Waals surface area contributed by atoms with Crippen molar-refractivity contribution in [1.82, 2.24) is 15.2 Å². The molecule has 1 aromatic carbocycles. The topological polar surface area (TPSA) is 88.0 Å². The number of aliphatic carboxylic acids is 1. The summed E-state index contributed by atoms with van der Waals surface area (Å²) in [6, 6.07) is 9.49. The predicted molar refractivity (Wildman–Crippen MR) is 119 cm³/mol. The Balaban J connectivity index is 1.57. The Hall–Kier alpha value is -2.16. The molecular formula is C20H21ClN4O2S2. The number of nitrogens with one attached hydrogen (secondary N) is 1. The maximum absolute atomic E-state index is 11.2. The maximum Gasteiger partial charge on any atom is 0.319 e. The summed E-state index contributed by atoms with van der Waals surface area (Å²) in [5.41, 5.74) is 3.69. The van der Waals surface area contributed by atoms with Crippen molar-refractivity contribution in [1.29, 1.82) is 0 Å². The number of aromatic nitrogens is 3. The average molecular weight is 449 g/mol. The average Bonchev–Trinajstić information content (AvgIpc) is 3.10. The zero-order valence-corrected chi connectivity index (χ0v) is 18.7. The van der Waals surface area contributed by atoms with Crippen LogP contribution < -0.4 is 5.32 Å². The molecule has 152 valence electrons. The summed E-state index contributed by atoms with van der Waals surface area (Å²) >= 11 is 8.66. The van der Waals surface area contributed by atoms with Gasteiger partial charge in [0.15, 0.2) is 10.2 Å². The number of benzene rings is 1. The van der Waals surface area contributed by atoms with Gasteiger partial charge in [0.25, 0.3) is 0 Å². The molecule has 3 aromatic rings. The van der Waals surface area contributed by atoms with E-state index in [4.69, 9.17) is 11.6 Å². The second kappa shape index (κ2) is 9.11. The van der Waals surface area contributed by atoms with Gasteiger partial charge < -0.3 is 10.4 Å². The van der Waals surface area contributed by atoms with Gasteiger partial charge in [-0.1, -0.05) is 35.5 Å². The number of anilines is 1. The molecule has 0 atom stereocenters. The van der Waals surface area contributed by atoms with Crippen LogP contribution in [0.2, 0.25) is 5.02 Å². The summed E-state index contributed by atoms with van der Waals surface area (Å²) in [6.07, 6.45) is 0.713. The van der Waals surface area contributed by atoms with Crippen molar-refractivity contribution in [3.05, 3.63) is 52.0 Å². The molecule has 2 heterocycles. The van der Waals surface area contributed by atoms with Crippen LogP contribution in [0.15, 0.2) is 40.1 Å². The third kappa shape index (κ3) is 5.68. The van der Waals surface area contributed by atoms with Gasteiger partial charge in [0.1, 0.15) is 4.75 Å². The van der Waals surface area contributed by atoms with Crippen molar-refractivity contribution in [3.63, 3.8) is 0 Å². The quantitative estimate of drug-likeness (QED) is 0.459. The number of aryl methyl sites for hydroxylation is 1. The lowest BCUT2D eigenvalue weighted by atomic mass is 10.1. The number of halogens is 1. The lowest BCUT2D eigenvalue weighted by Crippen LogP contribution is -2.26. The molecule has 0 aliphatic rings. The van der Waals surface area contributed by atoms with Crippen LogP contribution in [0.25, 0.3) is 11.3 Å². The molecule has 0 amide bonds. The number of carbonyl (C=O) groups is 1. The van der Waals surface area contributed by atoms with Gasteiger partial charge in [-0.15, -0.1) is 21.5 Å².